The van der Waals surface area contributed by atoms with Gasteiger partial charge in [-0.05, 0) is 40.0 Å². The molecule has 0 aliphatic rings. The molecule has 1 N–H and O–H groups in total. The van der Waals surface area contributed by atoms with Gasteiger partial charge in [-0.1, -0.05) is 0 Å². The second-order valence-corrected chi connectivity index (χ2v) is 5.42. The fraction of sp³-hybridized carbons (Fsp3) is 0.933. The van der Waals surface area contributed by atoms with Crippen LogP contribution in [0.5, 0.6) is 0 Å². The summed E-state index contributed by atoms with van der Waals surface area (Å²) in [5.41, 5.74) is -0.464. The molecule has 0 radical (unpaired) electrons. The van der Waals surface area contributed by atoms with Crippen LogP contribution in [-0.2, 0) is 14.2 Å². The van der Waals surface area contributed by atoms with Gasteiger partial charge in [0.15, 0.2) is 0 Å². The van der Waals surface area contributed by atoms with Gasteiger partial charge in [0, 0.05) is 33.0 Å². The molecule has 0 aliphatic carbocycles. The van der Waals surface area contributed by atoms with E-state index in [4.69, 9.17) is 14.2 Å². The van der Waals surface area contributed by atoms with Crippen LogP contribution in [-0.4, -0.2) is 51.7 Å². The minimum atomic E-state index is -0.464. The molecule has 0 heterocycles. The number of nitrogens with one attached hydrogen (secondary N) is 1. The highest BCUT2D eigenvalue weighted by Gasteiger charge is 2.23. The van der Waals surface area contributed by atoms with Crippen molar-refractivity contribution in [2.45, 2.75) is 51.6 Å². The van der Waals surface area contributed by atoms with Crippen LogP contribution in [0, 0.1) is 11.3 Å². The van der Waals surface area contributed by atoms with Gasteiger partial charge in [0.05, 0.1) is 19.3 Å². The first kappa shape index (κ1) is 19.3. The third-order valence-electron chi connectivity index (χ3n) is 2.83. The molecule has 1 atom stereocenters. The van der Waals surface area contributed by atoms with Crippen LogP contribution in [0.25, 0.3) is 0 Å². The number of ether oxygens (including phenoxy) is 3. The van der Waals surface area contributed by atoms with Crippen molar-refractivity contribution in [3.63, 3.8) is 0 Å². The van der Waals surface area contributed by atoms with E-state index in [1.807, 2.05) is 20.8 Å². The van der Waals surface area contributed by atoms with E-state index >= 15 is 0 Å². The van der Waals surface area contributed by atoms with Crippen LogP contribution < -0.4 is 5.32 Å². The van der Waals surface area contributed by atoms with E-state index in [1.54, 1.807) is 7.11 Å². The van der Waals surface area contributed by atoms with E-state index in [2.05, 4.69) is 11.4 Å². The van der Waals surface area contributed by atoms with Gasteiger partial charge in [-0.3, -0.25) is 5.32 Å². The molecule has 0 aromatic rings. The number of hydrogen-bond donors (Lipinski definition) is 1. The molecule has 0 amide bonds. The Kier molecular flexibility index (Phi) is 11.7. The summed E-state index contributed by atoms with van der Waals surface area (Å²) in [4.78, 5) is 0. The largest absolute Gasteiger partial charge is 0.385 e. The van der Waals surface area contributed by atoms with Crippen molar-refractivity contribution in [2.75, 3.05) is 40.1 Å². The van der Waals surface area contributed by atoms with Crippen LogP contribution in [0.15, 0.2) is 0 Å². The summed E-state index contributed by atoms with van der Waals surface area (Å²) in [6.07, 6.45) is 2.57. The molecule has 1 unspecified atom stereocenters. The van der Waals surface area contributed by atoms with Crippen molar-refractivity contribution < 1.29 is 14.2 Å². The Morgan fingerprint density at radius 1 is 1.05 bits per heavy atom. The van der Waals surface area contributed by atoms with Crippen molar-refractivity contribution in [3.05, 3.63) is 0 Å². The molecule has 0 aliphatic heterocycles. The molecule has 5 heteroatoms. The Hall–Kier alpha value is -0.670. The van der Waals surface area contributed by atoms with Crippen molar-refractivity contribution in [1.29, 1.82) is 5.26 Å². The quantitative estimate of drug-likeness (QED) is 0.525. The summed E-state index contributed by atoms with van der Waals surface area (Å²) < 4.78 is 15.8. The minimum Gasteiger partial charge on any atom is -0.385 e. The Labute approximate surface area is 123 Å². The van der Waals surface area contributed by atoms with Gasteiger partial charge in [-0.2, -0.15) is 5.26 Å². The number of nitriles is 1. The molecule has 0 bridgehead atoms. The topological polar surface area (TPSA) is 63.5 Å². The highest BCUT2D eigenvalue weighted by atomic mass is 16.5. The number of rotatable bonds is 13. The molecular formula is C15H30N2O3. The molecule has 0 saturated carbocycles. The minimum absolute atomic E-state index is 0.307. The van der Waals surface area contributed by atoms with Crippen LogP contribution in [0.4, 0.5) is 0 Å². The molecule has 0 fully saturated rings. The molecule has 0 spiro atoms. The van der Waals surface area contributed by atoms with Crippen LogP contribution in [0.1, 0.15) is 40.0 Å². The van der Waals surface area contributed by atoms with Gasteiger partial charge < -0.3 is 14.2 Å². The fourth-order valence-corrected chi connectivity index (χ4v) is 1.95. The zero-order valence-electron chi connectivity index (χ0n) is 13.4. The fourth-order valence-electron chi connectivity index (χ4n) is 1.95. The third kappa shape index (κ3) is 11.2. The summed E-state index contributed by atoms with van der Waals surface area (Å²) in [6, 6.07) is 2.64. The lowest BCUT2D eigenvalue weighted by Crippen LogP contribution is -2.45. The number of hydrogen-bond acceptors (Lipinski definition) is 5. The second-order valence-electron chi connectivity index (χ2n) is 5.42. The van der Waals surface area contributed by atoms with Gasteiger partial charge in [0.25, 0.3) is 0 Å². The Balaban J connectivity index is 3.45. The lowest BCUT2D eigenvalue weighted by Gasteiger charge is -2.25. The summed E-state index contributed by atoms with van der Waals surface area (Å²) in [6.45, 7) is 9.36. The maximum atomic E-state index is 9.19. The van der Waals surface area contributed by atoms with Crippen molar-refractivity contribution >= 4 is 0 Å². The van der Waals surface area contributed by atoms with Crippen LogP contribution in [0.2, 0.25) is 0 Å². The zero-order chi connectivity index (χ0) is 15.3. The van der Waals surface area contributed by atoms with Crippen molar-refractivity contribution in [3.8, 4) is 6.07 Å². The lowest BCUT2D eigenvalue weighted by molar-refractivity contribution is 0.0377. The molecule has 20 heavy (non-hydrogen) atoms. The zero-order valence-corrected chi connectivity index (χ0v) is 13.4. The summed E-state index contributed by atoms with van der Waals surface area (Å²) in [5.74, 6) is 0. The Bertz CT molecular complexity index is 266. The van der Waals surface area contributed by atoms with Crippen LogP contribution >= 0.6 is 0 Å². The summed E-state index contributed by atoms with van der Waals surface area (Å²) in [7, 11) is 1.69. The first-order chi connectivity index (χ1) is 9.54. The second kappa shape index (κ2) is 12.1. The van der Waals surface area contributed by atoms with E-state index in [-0.39, 0.29) is 0 Å². The van der Waals surface area contributed by atoms with Gasteiger partial charge >= 0.3 is 0 Å². The molecule has 5 nitrogen and oxygen atoms in total. The lowest BCUT2D eigenvalue weighted by atomic mass is 9.97. The van der Waals surface area contributed by atoms with E-state index < -0.39 is 5.54 Å². The predicted molar refractivity (Wildman–Crippen MR) is 79.7 cm³/mol. The van der Waals surface area contributed by atoms with Gasteiger partial charge in [0.1, 0.15) is 5.54 Å². The summed E-state index contributed by atoms with van der Waals surface area (Å²) in [5, 5.41) is 12.5. The van der Waals surface area contributed by atoms with Gasteiger partial charge in [0.2, 0.25) is 0 Å². The standard InChI is InChI=1S/C15H30N2O3/c1-14(2)17-15(3,13-16)7-5-9-19-11-12-20-10-6-8-18-4/h14,17H,5-12H2,1-4H3. The van der Waals surface area contributed by atoms with Crippen molar-refractivity contribution in [2.24, 2.45) is 0 Å². The normalized spacial score (nSPS) is 14.2. The maximum absolute atomic E-state index is 9.19. The SMILES string of the molecule is COCCCOCCOCCCC(C)(C#N)NC(C)C. The third-order valence-corrected chi connectivity index (χ3v) is 2.83. The number of methoxy groups -OCH3 is 1. The molecule has 118 valence electrons. The molecule has 0 saturated heterocycles. The average molecular weight is 286 g/mol. The van der Waals surface area contributed by atoms with E-state index in [0.717, 1.165) is 25.9 Å². The smallest absolute Gasteiger partial charge is 0.104 e. The van der Waals surface area contributed by atoms with E-state index in [9.17, 15) is 5.26 Å². The molecule has 0 aromatic carbocycles. The predicted octanol–water partition coefficient (Wildman–Crippen LogP) is 2.12. The first-order valence-corrected chi connectivity index (χ1v) is 7.37. The monoisotopic (exact) mass is 286 g/mol. The van der Waals surface area contributed by atoms with Gasteiger partial charge in [-0.15, -0.1) is 0 Å². The Morgan fingerprint density at radius 2 is 1.65 bits per heavy atom. The highest BCUT2D eigenvalue weighted by Crippen LogP contribution is 2.12. The Morgan fingerprint density at radius 3 is 2.15 bits per heavy atom. The number of nitrogens with zero attached hydrogens (tertiary/aromatic N) is 1. The van der Waals surface area contributed by atoms with E-state index in [1.165, 1.54) is 0 Å². The van der Waals surface area contributed by atoms with Crippen LogP contribution in [0.3, 0.4) is 0 Å². The molecule has 0 aromatic heterocycles. The average Bonchev–Trinajstić information content (AvgIpc) is 2.40. The van der Waals surface area contributed by atoms with Crippen molar-refractivity contribution in [1.82, 2.24) is 5.32 Å². The maximum Gasteiger partial charge on any atom is 0.104 e. The molecular weight excluding hydrogens is 256 g/mol. The summed E-state index contributed by atoms with van der Waals surface area (Å²) >= 11 is 0. The first-order valence-electron chi connectivity index (χ1n) is 7.37. The highest BCUT2D eigenvalue weighted by molar-refractivity contribution is 5.04. The molecule has 0 rings (SSSR count). The van der Waals surface area contributed by atoms with Gasteiger partial charge in [-0.25, -0.2) is 0 Å². The van der Waals surface area contributed by atoms with E-state index in [0.29, 0.717) is 32.5 Å².